The maximum atomic E-state index is 11.6. The number of aliphatic imine (C=N–C) groups is 1. The van der Waals surface area contributed by atoms with E-state index in [1.165, 1.54) is 5.56 Å². The second-order valence-electron chi connectivity index (χ2n) is 7.35. The molecule has 0 bridgehead atoms. The van der Waals surface area contributed by atoms with Crippen molar-refractivity contribution in [2.24, 2.45) is 4.99 Å². The molecule has 1 saturated heterocycles. The second kappa shape index (κ2) is 9.78. The summed E-state index contributed by atoms with van der Waals surface area (Å²) in [6.45, 7) is 1.39. The lowest BCUT2D eigenvalue weighted by atomic mass is 10.1. The Morgan fingerprint density at radius 1 is 1.17 bits per heavy atom. The normalized spacial score (nSPS) is 18.2. The van der Waals surface area contributed by atoms with E-state index in [1.807, 2.05) is 24.5 Å². The number of aromatic nitrogens is 2. The molecule has 1 unspecified atom stereocenters. The first kappa shape index (κ1) is 22.5. The third-order valence-electron chi connectivity index (χ3n) is 5.16. The Morgan fingerprint density at radius 3 is 2.60 bits per heavy atom. The van der Waals surface area contributed by atoms with E-state index < -0.39 is 9.84 Å². The van der Waals surface area contributed by atoms with Crippen molar-refractivity contribution < 1.29 is 8.42 Å². The summed E-state index contributed by atoms with van der Waals surface area (Å²) in [5, 5.41) is 6.46. The minimum absolute atomic E-state index is 0. The molecule has 4 rings (SSSR count). The van der Waals surface area contributed by atoms with Gasteiger partial charge in [0.15, 0.2) is 15.8 Å². The van der Waals surface area contributed by atoms with Crippen LogP contribution in [0.4, 0.5) is 0 Å². The molecule has 1 aliphatic rings. The van der Waals surface area contributed by atoms with Crippen molar-refractivity contribution in [2.45, 2.75) is 25.6 Å². The van der Waals surface area contributed by atoms with Gasteiger partial charge in [0.25, 0.3) is 0 Å². The van der Waals surface area contributed by atoms with Crippen LogP contribution in [-0.2, 0) is 22.9 Å². The van der Waals surface area contributed by atoms with Crippen molar-refractivity contribution in [1.82, 2.24) is 20.2 Å². The van der Waals surface area contributed by atoms with Crippen LogP contribution < -0.4 is 10.6 Å². The first-order valence-corrected chi connectivity index (χ1v) is 11.5. The highest BCUT2D eigenvalue weighted by atomic mass is 127. The topological polar surface area (TPSA) is 88.4 Å². The molecule has 160 valence electrons. The Balaban J connectivity index is 0.00000256. The quantitative estimate of drug-likeness (QED) is 0.296. The number of benzene rings is 2. The highest BCUT2D eigenvalue weighted by Crippen LogP contribution is 2.15. The number of para-hydroxylation sites is 2. The molecule has 7 nitrogen and oxygen atoms in total. The predicted molar refractivity (Wildman–Crippen MR) is 131 cm³/mol. The zero-order chi connectivity index (χ0) is 20.3. The molecule has 30 heavy (non-hydrogen) atoms. The maximum Gasteiger partial charge on any atom is 0.191 e. The van der Waals surface area contributed by atoms with E-state index in [2.05, 4.69) is 55.5 Å². The smallest absolute Gasteiger partial charge is 0.191 e. The molecule has 9 heteroatoms. The van der Waals surface area contributed by atoms with Gasteiger partial charge < -0.3 is 15.2 Å². The Labute approximate surface area is 193 Å². The number of hydrogen-bond donors (Lipinski definition) is 2. The van der Waals surface area contributed by atoms with Crippen LogP contribution in [0.1, 0.15) is 17.5 Å². The number of halogens is 1. The highest BCUT2D eigenvalue weighted by Gasteiger charge is 2.28. The molecule has 0 aliphatic carbocycles. The van der Waals surface area contributed by atoms with Gasteiger partial charge >= 0.3 is 0 Å². The lowest BCUT2D eigenvalue weighted by Crippen LogP contribution is -2.43. The number of fused-ring (bicyclic) bond motifs is 1. The number of rotatable bonds is 5. The first-order chi connectivity index (χ1) is 14.0. The Morgan fingerprint density at radius 2 is 1.90 bits per heavy atom. The molecule has 0 amide bonds. The lowest BCUT2D eigenvalue weighted by molar-refractivity contribution is 0.599. The van der Waals surface area contributed by atoms with Crippen molar-refractivity contribution in [3.8, 4) is 0 Å². The van der Waals surface area contributed by atoms with Crippen LogP contribution in [0.3, 0.4) is 0 Å². The Kier molecular flexibility index (Phi) is 7.35. The van der Waals surface area contributed by atoms with Gasteiger partial charge in [-0.25, -0.2) is 13.4 Å². The first-order valence-electron chi connectivity index (χ1n) is 9.68. The summed E-state index contributed by atoms with van der Waals surface area (Å²) >= 11 is 0. The zero-order valence-corrected chi connectivity index (χ0v) is 19.9. The molecular formula is C21H26IN5O2S. The third kappa shape index (κ3) is 5.51. The summed E-state index contributed by atoms with van der Waals surface area (Å²) in [4.78, 5) is 8.64. The van der Waals surface area contributed by atoms with Gasteiger partial charge in [0.2, 0.25) is 0 Å². The van der Waals surface area contributed by atoms with Crippen molar-refractivity contribution >= 4 is 50.8 Å². The molecule has 2 N–H and O–H groups in total. The lowest BCUT2D eigenvalue weighted by Gasteiger charge is -2.16. The molecule has 2 heterocycles. The summed E-state index contributed by atoms with van der Waals surface area (Å²) in [5.41, 5.74) is 4.46. The summed E-state index contributed by atoms with van der Waals surface area (Å²) in [6, 6.07) is 16.5. The van der Waals surface area contributed by atoms with Crippen molar-refractivity contribution in [2.75, 3.05) is 18.6 Å². The van der Waals surface area contributed by atoms with E-state index in [0.717, 1.165) is 23.1 Å². The molecule has 0 radical (unpaired) electrons. The number of hydrogen-bond acceptors (Lipinski definition) is 4. The number of nitrogens with one attached hydrogen (secondary N) is 2. The fraction of sp³-hybridized carbons (Fsp3) is 0.333. The number of nitrogens with zero attached hydrogens (tertiary/aromatic N) is 3. The fourth-order valence-corrected chi connectivity index (χ4v) is 5.25. The molecule has 1 aromatic heterocycles. The largest absolute Gasteiger partial charge is 0.353 e. The van der Waals surface area contributed by atoms with E-state index in [4.69, 9.17) is 0 Å². The standard InChI is InChI=1S/C21H25N5O2S.HI/c1-22-21(25-18-10-11-29(27,28)14-18)23-12-16-6-8-17(9-7-16)13-26-15-24-19-4-2-3-5-20(19)26;/h2-9,15,18H,10-14H2,1H3,(H2,22,23,25);1H. The summed E-state index contributed by atoms with van der Waals surface area (Å²) in [6.07, 6.45) is 2.50. The van der Waals surface area contributed by atoms with Crippen molar-refractivity contribution in [3.05, 3.63) is 66.0 Å². The Hall–Kier alpha value is -2.14. The van der Waals surface area contributed by atoms with Crippen LogP contribution in [0.25, 0.3) is 11.0 Å². The molecule has 3 aromatic rings. The predicted octanol–water partition coefficient (Wildman–Crippen LogP) is 2.55. The van der Waals surface area contributed by atoms with Crippen molar-refractivity contribution in [3.63, 3.8) is 0 Å². The van der Waals surface area contributed by atoms with Crippen LogP contribution in [0.5, 0.6) is 0 Å². The highest BCUT2D eigenvalue weighted by molar-refractivity contribution is 14.0. The number of guanidine groups is 1. The maximum absolute atomic E-state index is 11.6. The van der Waals surface area contributed by atoms with Gasteiger partial charge in [-0.15, -0.1) is 24.0 Å². The van der Waals surface area contributed by atoms with E-state index >= 15 is 0 Å². The van der Waals surface area contributed by atoms with E-state index in [-0.39, 0.29) is 41.5 Å². The van der Waals surface area contributed by atoms with Crippen LogP contribution >= 0.6 is 24.0 Å². The summed E-state index contributed by atoms with van der Waals surface area (Å²) in [5.74, 6) is 1.04. The van der Waals surface area contributed by atoms with Crippen LogP contribution in [0.15, 0.2) is 59.9 Å². The molecular weight excluding hydrogens is 513 g/mol. The van der Waals surface area contributed by atoms with Gasteiger partial charge in [0.1, 0.15) is 0 Å². The van der Waals surface area contributed by atoms with Gasteiger partial charge in [-0.05, 0) is 29.7 Å². The Bertz CT molecular complexity index is 1130. The fourth-order valence-electron chi connectivity index (χ4n) is 3.58. The average Bonchev–Trinajstić information content (AvgIpc) is 3.29. The SMILES string of the molecule is CN=C(NCc1ccc(Cn2cnc3ccccc32)cc1)NC1CCS(=O)(=O)C1.I. The number of imidazole rings is 1. The average molecular weight is 539 g/mol. The summed E-state index contributed by atoms with van der Waals surface area (Å²) < 4.78 is 25.3. The van der Waals surface area contributed by atoms with E-state index in [1.54, 1.807) is 7.05 Å². The van der Waals surface area contributed by atoms with Gasteiger partial charge in [-0.1, -0.05) is 36.4 Å². The molecule has 1 fully saturated rings. The molecule has 2 aromatic carbocycles. The van der Waals surface area contributed by atoms with Gasteiger partial charge in [-0.2, -0.15) is 0 Å². The molecule has 1 aliphatic heterocycles. The second-order valence-corrected chi connectivity index (χ2v) is 9.58. The van der Waals surface area contributed by atoms with Crippen LogP contribution in [0, 0.1) is 0 Å². The van der Waals surface area contributed by atoms with Gasteiger partial charge in [0, 0.05) is 26.2 Å². The van der Waals surface area contributed by atoms with Crippen LogP contribution in [0.2, 0.25) is 0 Å². The van der Waals surface area contributed by atoms with Crippen LogP contribution in [-0.4, -0.2) is 48.5 Å². The van der Waals surface area contributed by atoms with Gasteiger partial charge in [-0.3, -0.25) is 4.99 Å². The molecule has 0 saturated carbocycles. The molecule has 1 atom stereocenters. The minimum Gasteiger partial charge on any atom is -0.353 e. The summed E-state index contributed by atoms with van der Waals surface area (Å²) in [7, 11) is -1.22. The monoisotopic (exact) mass is 539 g/mol. The van der Waals surface area contributed by atoms with Gasteiger partial charge in [0.05, 0.1) is 28.9 Å². The van der Waals surface area contributed by atoms with E-state index in [9.17, 15) is 8.42 Å². The number of sulfone groups is 1. The van der Waals surface area contributed by atoms with Crippen molar-refractivity contribution in [1.29, 1.82) is 0 Å². The minimum atomic E-state index is -2.91. The third-order valence-corrected chi connectivity index (χ3v) is 6.93. The van der Waals surface area contributed by atoms with E-state index in [0.29, 0.717) is 18.9 Å². The zero-order valence-electron chi connectivity index (χ0n) is 16.8. The molecule has 0 spiro atoms.